The summed E-state index contributed by atoms with van der Waals surface area (Å²) in [5.74, 6) is 0. The molecule has 0 fully saturated rings. The van der Waals surface area contributed by atoms with Crippen LogP contribution in [-0.4, -0.2) is 31.9 Å². The molecule has 0 radical (unpaired) electrons. The van der Waals surface area contributed by atoms with Gasteiger partial charge in [0.25, 0.3) is 0 Å². The van der Waals surface area contributed by atoms with Crippen LogP contribution in [0.1, 0.15) is 43.5 Å². The maximum atomic E-state index is 12.8. The second-order valence-corrected chi connectivity index (χ2v) is 9.17. The van der Waals surface area contributed by atoms with Gasteiger partial charge >= 0.3 is 6.03 Å². The number of hydrogen-bond acceptors (Lipinski definition) is 3. The molecule has 2 aromatic carbocycles. The van der Waals surface area contributed by atoms with Crippen LogP contribution in [0.5, 0.6) is 0 Å². The fourth-order valence-electron chi connectivity index (χ4n) is 3.32. The molecule has 3 rings (SSSR count). The van der Waals surface area contributed by atoms with Gasteiger partial charge in [0, 0.05) is 25.2 Å². The number of nitrogens with one attached hydrogen (secondary N) is 2. The fraction of sp³-hybridized carbons (Fsp3) is 0.381. The Morgan fingerprint density at radius 3 is 2.43 bits per heavy atom. The summed E-state index contributed by atoms with van der Waals surface area (Å²) >= 11 is 0. The van der Waals surface area contributed by atoms with Crippen molar-refractivity contribution < 1.29 is 13.2 Å². The van der Waals surface area contributed by atoms with Crippen molar-refractivity contribution in [3.8, 4) is 0 Å². The molecule has 1 atom stereocenters. The Hall–Kier alpha value is -2.38. The number of carbonyl (C=O) groups excluding carboxylic acids is 1. The van der Waals surface area contributed by atoms with Crippen LogP contribution in [0.25, 0.3) is 0 Å². The lowest BCUT2D eigenvalue weighted by Gasteiger charge is -2.30. The lowest BCUT2D eigenvalue weighted by molar-refractivity contribution is 0.190. The molecule has 150 valence electrons. The number of carbonyl (C=O) groups is 1. The molecule has 2 aromatic rings. The van der Waals surface area contributed by atoms with Crippen LogP contribution < -0.4 is 10.0 Å². The van der Waals surface area contributed by atoms with Crippen molar-refractivity contribution in [2.45, 2.75) is 50.7 Å². The van der Waals surface area contributed by atoms with Gasteiger partial charge in [-0.25, -0.2) is 17.9 Å². The van der Waals surface area contributed by atoms with Gasteiger partial charge in [0.1, 0.15) is 0 Å². The van der Waals surface area contributed by atoms with Gasteiger partial charge in [0.2, 0.25) is 10.0 Å². The zero-order chi connectivity index (χ0) is 20.3. The average Bonchev–Trinajstić information content (AvgIpc) is 2.67. The highest BCUT2D eigenvalue weighted by atomic mass is 32.2. The highest BCUT2D eigenvalue weighted by Crippen LogP contribution is 2.24. The lowest BCUT2D eigenvalue weighted by Crippen LogP contribution is -2.45. The number of amides is 2. The first kappa shape index (κ1) is 20.4. The first-order valence-electron chi connectivity index (χ1n) is 9.51. The van der Waals surface area contributed by atoms with Crippen molar-refractivity contribution in [1.82, 2.24) is 14.9 Å². The van der Waals surface area contributed by atoms with Crippen LogP contribution in [0, 0.1) is 0 Å². The third-order valence-electron chi connectivity index (χ3n) is 4.83. The van der Waals surface area contributed by atoms with Gasteiger partial charge < -0.3 is 10.2 Å². The number of benzene rings is 2. The quantitative estimate of drug-likeness (QED) is 0.808. The summed E-state index contributed by atoms with van der Waals surface area (Å²) in [6.07, 6.45) is 0.637. The molecule has 6 nitrogen and oxygen atoms in total. The summed E-state index contributed by atoms with van der Waals surface area (Å²) < 4.78 is 28.4. The van der Waals surface area contributed by atoms with Crippen molar-refractivity contribution in [1.29, 1.82) is 0 Å². The minimum absolute atomic E-state index is 0.0825. The number of fused-ring (bicyclic) bond motifs is 1. The Bertz CT molecular complexity index is 943. The van der Waals surface area contributed by atoms with Crippen molar-refractivity contribution in [2.75, 3.05) is 6.54 Å². The van der Waals surface area contributed by atoms with Gasteiger partial charge in [-0.05, 0) is 56.0 Å². The van der Waals surface area contributed by atoms with Gasteiger partial charge in [-0.1, -0.05) is 36.4 Å². The second-order valence-electron chi connectivity index (χ2n) is 7.46. The van der Waals surface area contributed by atoms with Crippen LogP contribution in [0.3, 0.4) is 0 Å². The van der Waals surface area contributed by atoms with Gasteiger partial charge in [0.05, 0.1) is 4.90 Å². The number of nitrogens with zero attached hydrogens (tertiary/aromatic N) is 1. The largest absolute Gasteiger partial charge is 0.336 e. The molecule has 1 aliphatic heterocycles. The summed E-state index contributed by atoms with van der Waals surface area (Å²) in [4.78, 5) is 14.2. The molecule has 0 aromatic heterocycles. The number of rotatable bonds is 5. The van der Waals surface area contributed by atoms with Crippen LogP contribution in [-0.2, 0) is 23.0 Å². The monoisotopic (exact) mass is 401 g/mol. The summed E-state index contributed by atoms with van der Waals surface area (Å²) in [6.45, 7) is 6.74. The Labute approximate surface area is 167 Å². The molecule has 0 bridgehead atoms. The fourth-order valence-corrected chi connectivity index (χ4v) is 4.60. The van der Waals surface area contributed by atoms with Crippen molar-refractivity contribution in [2.24, 2.45) is 0 Å². The molecule has 1 heterocycles. The van der Waals surface area contributed by atoms with Gasteiger partial charge in [0.15, 0.2) is 0 Å². The molecule has 0 spiro atoms. The van der Waals surface area contributed by atoms with E-state index in [-0.39, 0.29) is 23.0 Å². The minimum atomic E-state index is -3.63. The summed E-state index contributed by atoms with van der Waals surface area (Å²) in [6, 6.07) is 14.3. The van der Waals surface area contributed by atoms with E-state index in [0.29, 0.717) is 19.5 Å². The van der Waals surface area contributed by atoms with Crippen molar-refractivity contribution in [3.63, 3.8) is 0 Å². The van der Waals surface area contributed by atoms with E-state index in [9.17, 15) is 13.2 Å². The van der Waals surface area contributed by atoms with Crippen LogP contribution in [0.15, 0.2) is 53.4 Å². The molecule has 1 aliphatic rings. The van der Waals surface area contributed by atoms with Crippen LogP contribution in [0.2, 0.25) is 0 Å². The Morgan fingerprint density at radius 2 is 1.75 bits per heavy atom. The maximum Gasteiger partial charge on any atom is 0.317 e. The van der Waals surface area contributed by atoms with E-state index in [0.717, 1.165) is 16.7 Å². The molecule has 2 N–H and O–H groups in total. The Morgan fingerprint density at radius 1 is 1.04 bits per heavy atom. The van der Waals surface area contributed by atoms with E-state index >= 15 is 0 Å². The van der Waals surface area contributed by atoms with E-state index in [1.807, 2.05) is 57.2 Å². The molecule has 2 amide bonds. The molecular weight excluding hydrogens is 374 g/mol. The summed E-state index contributed by atoms with van der Waals surface area (Å²) in [5.41, 5.74) is 2.87. The smallest absolute Gasteiger partial charge is 0.317 e. The summed E-state index contributed by atoms with van der Waals surface area (Å²) in [5, 5.41) is 2.90. The van der Waals surface area contributed by atoms with E-state index in [4.69, 9.17) is 0 Å². The highest BCUT2D eigenvalue weighted by molar-refractivity contribution is 7.89. The molecule has 0 aliphatic carbocycles. The average molecular weight is 402 g/mol. The Balaban J connectivity index is 1.74. The predicted molar refractivity (Wildman–Crippen MR) is 109 cm³/mol. The minimum Gasteiger partial charge on any atom is -0.336 e. The van der Waals surface area contributed by atoms with Gasteiger partial charge in [-0.3, -0.25) is 0 Å². The van der Waals surface area contributed by atoms with E-state index in [1.165, 1.54) is 0 Å². The number of hydrogen-bond donors (Lipinski definition) is 2. The van der Waals surface area contributed by atoms with Gasteiger partial charge in [-0.15, -0.1) is 0 Å². The maximum absolute atomic E-state index is 12.8. The lowest BCUT2D eigenvalue weighted by atomic mass is 10.0. The SMILES string of the molecule is CC(C)NC(=O)N1CCc2cc(S(=O)(=O)N[C@@H](C)c3ccccc3)ccc2C1. The van der Waals surface area contributed by atoms with E-state index in [1.54, 1.807) is 17.0 Å². The molecular formula is C21H27N3O3S. The van der Waals surface area contributed by atoms with Crippen LogP contribution >= 0.6 is 0 Å². The first-order valence-corrected chi connectivity index (χ1v) is 11.0. The Kier molecular flexibility index (Phi) is 6.05. The first-order chi connectivity index (χ1) is 13.3. The normalized spacial score (nSPS) is 15.2. The topological polar surface area (TPSA) is 78.5 Å². The number of sulfonamides is 1. The zero-order valence-electron chi connectivity index (χ0n) is 16.5. The van der Waals surface area contributed by atoms with Crippen LogP contribution in [0.4, 0.5) is 4.79 Å². The third kappa shape index (κ3) is 4.72. The zero-order valence-corrected chi connectivity index (χ0v) is 17.3. The van der Waals surface area contributed by atoms with Crippen molar-refractivity contribution in [3.05, 3.63) is 65.2 Å². The predicted octanol–water partition coefficient (Wildman–Crippen LogP) is 3.20. The summed E-state index contributed by atoms with van der Waals surface area (Å²) in [7, 11) is -3.63. The van der Waals surface area contributed by atoms with E-state index in [2.05, 4.69) is 10.0 Å². The third-order valence-corrected chi connectivity index (χ3v) is 6.37. The molecule has 0 unspecified atom stereocenters. The van der Waals surface area contributed by atoms with Crippen molar-refractivity contribution >= 4 is 16.1 Å². The molecule has 7 heteroatoms. The van der Waals surface area contributed by atoms with E-state index < -0.39 is 10.0 Å². The molecule has 0 saturated carbocycles. The molecule has 28 heavy (non-hydrogen) atoms. The standard InChI is InChI=1S/C21H27N3O3S/c1-15(2)22-21(25)24-12-11-18-13-20(10-9-19(18)14-24)28(26,27)23-16(3)17-7-5-4-6-8-17/h4-10,13,15-16,23H,11-12,14H2,1-3H3,(H,22,25)/t16-/m0/s1. The second kappa shape index (κ2) is 8.32. The molecule has 0 saturated heterocycles. The number of urea groups is 1. The van der Waals surface area contributed by atoms with Gasteiger partial charge in [-0.2, -0.15) is 0 Å². The highest BCUT2D eigenvalue weighted by Gasteiger charge is 2.24.